The van der Waals surface area contributed by atoms with Crippen molar-refractivity contribution in [3.05, 3.63) is 28.8 Å². The zero-order chi connectivity index (χ0) is 15.2. The van der Waals surface area contributed by atoms with Gasteiger partial charge in [0, 0.05) is 12.3 Å². The van der Waals surface area contributed by atoms with Crippen molar-refractivity contribution in [3.63, 3.8) is 0 Å². The van der Waals surface area contributed by atoms with Crippen molar-refractivity contribution >= 4 is 21.4 Å². The summed E-state index contributed by atoms with van der Waals surface area (Å²) in [6.07, 6.45) is 3.37. The van der Waals surface area contributed by atoms with Gasteiger partial charge in [0.2, 0.25) is 0 Å². The Kier molecular flexibility index (Phi) is 6.79. The molecular weight excluding hydrogens is 298 g/mol. The summed E-state index contributed by atoms with van der Waals surface area (Å²) in [5.41, 5.74) is 6.98. The standard InChI is InChI=1S/C14H22ClNO3S/c1-3-12(16)9-11-5-6-14(13(15)10-11)19-7-4-8-20(2,17)18/h5-6,10,12H,3-4,7-9,16H2,1-2H3. The highest BCUT2D eigenvalue weighted by Gasteiger charge is 2.07. The van der Waals surface area contributed by atoms with E-state index >= 15 is 0 Å². The van der Waals surface area contributed by atoms with Crippen molar-refractivity contribution in [3.8, 4) is 5.75 Å². The molecule has 0 saturated carbocycles. The van der Waals surface area contributed by atoms with E-state index in [1.807, 2.05) is 19.1 Å². The zero-order valence-electron chi connectivity index (χ0n) is 11.9. The number of hydrogen-bond donors (Lipinski definition) is 1. The Morgan fingerprint density at radius 2 is 2.10 bits per heavy atom. The maximum absolute atomic E-state index is 11.0. The Bertz CT molecular complexity index is 531. The van der Waals surface area contributed by atoms with Crippen molar-refractivity contribution in [2.45, 2.75) is 32.2 Å². The van der Waals surface area contributed by atoms with Gasteiger partial charge in [-0.3, -0.25) is 0 Å². The minimum atomic E-state index is -2.94. The Labute approximate surface area is 126 Å². The Balaban J connectivity index is 2.51. The molecule has 1 atom stereocenters. The van der Waals surface area contributed by atoms with Crippen LogP contribution in [0.2, 0.25) is 5.02 Å². The Hall–Kier alpha value is -0.780. The summed E-state index contributed by atoms with van der Waals surface area (Å²) in [5.74, 6) is 0.697. The summed E-state index contributed by atoms with van der Waals surface area (Å²) in [5, 5.41) is 0.533. The Morgan fingerprint density at radius 3 is 2.65 bits per heavy atom. The van der Waals surface area contributed by atoms with Crippen LogP contribution in [0.5, 0.6) is 5.75 Å². The molecule has 0 aliphatic heterocycles. The second-order valence-corrected chi connectivity index (χ2v) is 7.64. The molecule has 0 amide bonds. The molecule has 1 aromatic carbocycles. The summed E-state index contributed by atoms with van der Waals surface area (Å²) in [7, 11) is -2.94. The fraction of sp³-hybridized carbons (Fsp3) is 0.571. The van der Waals surface area contributed by atoms with Crippen molar-refractivity contribution < 1.29 is 13.2 Å². The number of halogens is 1. The number of rotatable bonds is 8. The first-order valence-corrected chi connectivity index (χ1v) is 9.10. The molecule has 0 aliphatic carbocycles. The molecule has 1 aromatic rings. The first-order chi connectivity index (χ1) is 9.31. The topological polar surface area (TPSA) is 69.4 Å². The van der Waals surface area contributed by atoms with Crippen LogP contribution in [0.25, 0.3) is 0 Å². The summed E-state index contributed by atoms with van der Waals surface area (Å²) >= 11 is 6.14. The highest BCUT2D eigenvalue weighted by Crippen LogP contribution is 2.26. The van der Waals surface area contributed by atoms with E-state index in [-0.39, 0.29) is 11.8 Å². The summed E-state index contributed by atoms with van der Waals surface area (Å²) in [6, 6.07) is 5.73. The first kappa shape index (κ1) is 17.3. The fourth-order valence-corrected chi connectivity index (χ4v) is 2.64. The average molecular weight is 320 g/mol. The molecule has 0 aliphatic rings. The minimum absolute atomic E-state index is 0.119. The third kappa shape index (κ3) is 6.59. The molecule has 4 nitrogen and oxygen atoms in total. The van der Waals surface area contributed by atoms with Crippen LogP contribution < -0.4 is 10.5 Å². The van der Waals surface area contributed by atoms with Gasteiger partial charge in [-0.15, -0.1) is 0 Å². The molecule has 114 valence electrons. The quantitative estimate of drug-likeness (QED) is 0.747. The largest absolute Gasteiger partial charge is 0.492 e. The van der Waals surface area contributed by atoms with Gasteiger partial charge in [0.25, 0.3) is 0 Å². The van der Waals surface area contributed by atoms with Gasteiger partial charge >= 0.3 is 0 Å². The number of sulfone groups is 1. The number of benzene rings is 1. The van der Waals surface area contributed by atoms with Gasteiger partial charge in [-0.1, -0.05) is 24.6 Å². The fourth-order valence-electron chi connectivity index (χ4n) is 1.74. The van der Waals surface area contributed by atoms with E-state index in [0.29, 0.717) is 23.8 Å². The summed E-state index contributed by atoms with van der Waals surface area (Å²) < 4.78 is 27.5. The minimum Gasteiger partial charge on any atom is -0.492 e. The second-order valence-electron chi connectivity index (χ2n) is 4.97. The summed E-state index contributed by atoms with van der Waals surface area (Å²) in [6.45, 7) is 2.38. The van der Waals surface area contributed by atoms with Gasteiger partial charge in [0.15, 0.2) is 0 Å². The van der Waals surface area contributed by atoms with Gasteiger partial charge in [0.1, 0.15) is 15.6 Å². The molecule has 0 heterocycles. The highest BCUT2D eigenvalue weighted by atomic mass is 35.5. The molecular formula is C14H22ClNO3S. The maximum Gasteiger partial charge on any atom is 0.147 e. The normalized spacial score (nSPS) is 13.2. The van der Waals surface area contributed by atoms with Gasteiger partial charge in [-0.2, -0.15) is 0 Å². The lowest BCUT2D eigenvalue weighted by Crippen LogP contribution is -2.21. The van der Waals surface area contributed by atoms with Crippen LogP contribution in [0.1, 0.15) is 25.3 Å². The van der Waals surface area contributed by atoms with Crippen molar-refractivity contribution in [2.75, 3.05) is 18.6 Å². The lowest BCUT2D eigenvalue weighted by molar-refractivity contribution is 0.318. The van der Waals surface area contributed by atoms with E-state index in [9.17, 15) is 8.42 Å². The number of nitrogens with two attached hydrogens (primary N) is 1. The molecule has 0 spiro atoms. The van der Waals surface area contributed by atoms with Crippen molar-refractivity contribution in [1.82, 2.24) is 0 Å². The maximum atomic E-state index is 11.0. The van der Waals surface area contributed by atoms with Crippen LogP contribution in [0.15, 0.2) is 18.2 Å². The van der Waals surface area contributed by atoms with Crippen LogP contribution in [-0.2, 0) is 16.3 Å². The molecule has 1 rings (SSSR count). The zero-order valence-corrected chi connectivity index (χ0v) is 13.5. The molecule has 20 heavy (non-hydrogen) atoms. The average Bonchev–Trinajstić information content (AvgIpc) is 2.35. The van der Waals surface area contributed by atoms with E-state index < -0.39 is 9.84 Å². The summed E-state index contributed by atoms with van der Waals surface area (Å²) in [4.78, 5) is 0. The monoisotopic (exact) mass is 319 g/mol. The second kappa shape index (κ2) is 7.86. The molecule has 2 N–H and O–H groups in total. The first-order valence-electron chi connectivity index (χ1n) is 6.66. The molecule has 6 heteroatoms. The molecule has 0 bridgehead atoms. The van der Waals surface area contributed by atoms with Gasteiger partial charge in [-0.25, -0.2) is 8.42 Å². The van der Waals surface area contributed by atoms with Crippen molar-refractivity contribution in [1.29, 1.82) is 0 Å². The number of hydrogen-bond acceptors (Lipinski definition) is 4. The van der Waals surface area contributed by atoms with Gasteiger partial charge in [0.05, 0.1) is 17.4 Å². The van der Waals surface area contributed by atoms with E-state index in [2.05, 4.69) is 0 Å². The van der Waals surface area contributed by atoms with E-state index in [1.165, 1.54) is 6.26 Å². The lowest BCUT2D eigenvalue weighted by atomic mass is 10.0. The highest BCUT2D eigenvalue weighted by molar-refractivity contribution is 7.90. The third-order valence-electron chi connectivity index (χ3n) is 2.94. The lowest BCUT2D eigenvalue weighted by Gasteiger charge is -2.12. The molecule has 0 radical (unpaired) electrons. The van der Waals surface area contributed by atoms with E-state index in [0.717, 1.165) is 18.4 Å². The van der Waals surface area contributed by atoms with Crippen molar-refractivity contribution in [2.24, 2.45) is 5.73 Å². The van der Waals surface area contributed by atoms with Gasteiger partial charge < -0.3 is 10.5 Å². The SMILES string of the molecule is CCC(N)Cc1ccc(OCCCS(C)(=O)=O)c(Cl)c1. The molecule has 1 unspecified atom stereocenters. The van der Waals surface area contributed by atoms with Crippen LogP contribution in [0.4, 0.5) is 0 Å². The molecule has 0 fully saturated rings. The predicted octanol–water partition coefficient (Wildman–Crippen LogP) is 2.43. The predicted molar refractivity (Wildman–Crippen MR) is 83.2 cm³/mol. The van der Waals surface area contributed by atoms with Crippen LogP contribution in [0, 0.1) is 0 Å². The van der Waals surface area contributed by atoms with E-state index in [1.54, 1.807) is 6.07 Å². The van der Waals surface area contributed by atoms with Crippen LogP contribution in [-0.4, -0.2) is 33.1 Å². The van der Waals surface area contributed by atoms with Crippen LogP contribution in [0.3, 0.4) is 0 Å². The smallest absolute Gasteiger partial charge is 0.147 e. The van der Waals surface area contributed by atoms with Gasteiger partial charge in [-0.05, 0) is 37.0 Å². The Morgan fingerprint density at radius 1 is 1.40 bits per heavy atom. The van der Waals surface area contributed by atoms with E-state index in [4.69, 9.17) is 22.1 Å². The molecule has 0 aromatic heterocycles. The number of ether oxygens (including phenoxy) is 1. The molecule has 0 saturated heterocycles. The van der Waals surface area contributed by atoms with Crippen LogP contribution >= 0.6 is 11.6 Å². The third-order valence-corrected chi connectivity index (χ3v) is 4.26.